The molecule has 29 heavy (non-hydrogen) atoms. The molecule has 0 heterocycles. The molecule has 2 aromatic carbocycles. The Hall–Kier alpha value is -3.15. The van der Waals surface area contributed by atoms with Crippen LogP contribution in [0.2, 0.25) is 0 Å². The van der Waals surface area contributed by atoms with Crippen molar-refractivity contribution in [3.8, 4) is 5.75 Å². The van der Waals surface area contributed by atoms with Gasteiger partial charge in [0.1, 0.15) is 5.75 Å². The summed E-state index contributed by atoms with van der Waals surface area (Å²) in [5, 5.41) is 12.8. The number of carbonyl (C=O) groups excluding carboxylic acids is 1. The normalized spacial score (nSPS) is 18.4. The molecule has 1 aliphatic carbocycles. The Bertz CT molecular complexity index is 913. The van der Waals surface area contributed by atoms with Crippen LogP contribution in [0.25, 0.3) is 0 Å². The van der Waals surface area contributed by atoms with Crippen molar-refractivity contribution in [1.82, 2.24) is 5.43 Å². The maximum absolute atomic E-state index is 12.4. The van der Waals surface area contributed by atoms with Crippen LogP contribution in [0, 0.1) is 5.92 Å². The number of carboxylic acids is 1. The fourth-order valence-electron chi connectivity index (χ4n) is 3.19. The van der Waals surface area contributed by atoms with Crippen molar-refractivity contribution in [2.45, 2.75) is 38.5 Å². The SMILES string of the molecule is CC(C)(C)c1ccc([C@@H]2C[C@@H]2C(=O)N/N=C/c2ccccc2OCC(=O)O)cc1. The Morgan fingerprint density at radius 3 is 2.52 bits per heavy atom. The highest BCUT2D eigenvalue weighted by atomic mass is 16.5. The molecule has 1 saturated carbocycles. The largest absolute Gasteiger partial charge is 0.481 e. The molecule has 0 saturated heterocycles. The van der Waals surface area contributed by atoms with E-state index in [0.717, 1.165) is 6.42 Å². The average molecular weight is 394 g/mol. The molecule has 0 bridgehead atoms. The third-order valence-electron chi connectivity index (χ3n) is 4.98. The lowest BCUT2D eigenvalue weighted by atomic mass is 9.86. The molecule has 6 nitrogen and oxygen atoms in total. The van der Waals surface area contributed by atoms with Crippen LogP contribution < -0.4 is 10.2 Å². The van der Waals surface area contributed by atoms with Gasteiger partial charge in [-0.1, -0.05) is 57.2 Å². The number of carbonyl (C=O) groups is 2. The van der Waals surface area contributed by atoms with Crippen molar-refractivity contribution in [1.29, 1.82) is 0 Å². The van der Waals surface area contributed by atoms with E-state index in [0.29, 0.717) is 11.3 Å². The minimum atomic E-state index is -1.06. The van der Waals surface area contributed by atoms with Gasteiger partial charge in [0, 0.05) is 11.5 Å². The average Bonchev–Trinajstić information content (AvgIpc) is 3.47. The topological polar surface area (TPSA) is 88.0 Å². The zero-order valence-electron chi connectivity index (χ0n) is 16.9. The summed E-state index contributed by atoms with van der Waals surface area (Å²) in [5.74, 6) is -0.622. The highest BCUT2D eigenvalue weighted by Crippen LogP contribution is 2.47. The van der Waals surface area contributed by atoms with Gasteiger partial charge in [-0.15, -0.1) is 0 Å². The summed E-state index contributed by atoms with van der Waals surface area (Å²) in [4.78, 5) is 23.0. The van der Waals surface area contributed by atoms with E-state index in [1.165, 1.54) is 17.3 Å². The molecule has 0 spiro atoms. The van der Waals surface area contributed by atoms with Crippen LogP contribution in [0.5, 0.6) is 5.75 Å². The number of nitrogens with zero attached hydrogens (tertiary/aromatic N) is 1. The van der Waals surface area contributed by atoms with Gasteiger partial charge in [-0.2, -0.15) is 5.10 Å². The predicted octanol–water partition coefficient (Wildman–Crippen LogP) is 3.70. The number of nitrogens with one attached hydrogen (secondary N) is 1. The number of carboxylic acid groups (broad SMARTS) is 1. The summed E-state index contributed by atoms with van der Waals surface area (Å²) >= 11 is 0. The van der Waals surface area contributed by atoms with Crippen LogP contribution in [0.3, 0.4) is 0 Å². The van der Waals surface area contributed by atoms with E-state index in [2.05, 4.69) is 55.6 Å². The van der Waals surface area contributed by atoms with Crippen molar-refractivity contribution in [2.75, 3.05) is 6.61 Å². The van der Waals surface area contributed by atoms with Crippen molar-refractivity contribution in [3.63, 3.8) is 0 Å². The van der Waals surface area contributed by atoms with E-state index in [1.807, 2.05) is 0 Å². The first-order valence-electron chi connectivity index (χ1n) is 9.62. The van der Waals surface area contributed by atoms with Crippen LogP contribution in [0.4, 0.5) is 0 Å². The summed E-state index contributed by atoms with van der Waals surface area (Å²) in [7, 11) is 0. The molecule has 0 aromatic heterocycles. The molecule has 2 atom stereocenters. The Morgan fingerprint density at radius 1 is 1.17 bits per heavy atom. The van der Waals surface area contributed by atoms with Gasteiger partial charge in [0.25, 0.3) is 0 Å². The van der Waals surface area contributed by atoms with Gasteiger partial charge in [0.05, 0.1) is 6.21 Å². The molecule has 0 unspecified atom stereocenters. The lowest BCUT2D eigenvalue weighted by Crippen LogP contribution is -2.20. The summed E-state index contributed by atoms with van der Waals surface area (Å²) in [5.41, 5.74) is 5.73. The Kier molecular flexibility index (Phi) is 6.01. The standard InChI is InChI=1S/C23H26N2O4/c1-23(2,3)17-10-8-15(9-11-17)18-12-19(18)22(28)25-24-13-16-6-4-5-7-20(16)29-14-21(26)27/h4-11,13,18-19H,12,14H2,1-3H3,(H,25,28)(H,26,27)/b24-13+/t18-,19-/m0/s1. The second kappa shape index (κ2) is 8.47. The summed E-state index contributed by atoms with van der Waals surface area (Å²) in [6, 6.07) is 15.4. The summed E-state index contributed by atoms with van der Waals surface area (Å²) < 4.78 is 5.22. The van der Waals surface area contributed by atoms with Crippen molar-refractivity contribution >= 4 is 18.1 Å². The van der Waals surface area contributed by atoms with Gasteiger partial charge in [0.2, 0.25) is 5.91 Å². The van der Waals surface area contributed by atoms with Gasteiger partial charge in [0.15, 0.2) is 6.61 Å². The van der Waals surface area contributed by atoms with E-state index >= 15 is 0 Å². The first-order valence-corrected chi connectivity index (χ1v) is 9.62. The summed E-state index contributed by atoms with van der Waals surface area (Å²) in [6.07, 6.45) is 2.28. The van der Waals surface area contributed by atoms with Gasteiger partial charge in [-0.25, -0.2) is 10.2 Å². The molecule has 1 fully saturated rings. The maximum atomic E-state index is 12.4. The molecule has 152 valence electrons. The number of para-hydroxylation sites is 1. The fraction of sp³-hybridized carbons (Fsp3) is 0.348. The van der Waals surface area contributed by atoms with Crippen molar-refractivity contribution in [2.24, 2.45) is 11.0 Å². The number of hydrogen-bond acceptors (Lipinski definition) is 4. The molecule has 3 rings (SSSR count). The molecule has 1 aliphatic rings. The number of hydrazone groups is 1. The van der Waals surface area contributed by atoms with Crippen molar-refractivity contribution < 1.29 is 19.4 Å². The highest BCUT2D eigenvalue weighted by Gasteiger charge is 2.44. The molecular formula is C23H26N2O4. The lowest BCUT2D eigenvalue weighted by Gasteiger charge is -2.19. The third-order valence-corrected chi connectivity index (χ3v) is 4.98. The first-order chi connectivity index (χ1) is 13.8. The molecule has 0 radical (unpaired) electrons. The highest BCUT2D eigenvalue weighted by molar-refractivity contribution is 5.87. The Labute approximate surface area is 170 Å². The smallest absolute Gasteiger partial charge is 0.341 e. The van der Waals surface area contributed by atoms with E-state index in [9.17, 15) is 9.59 Å². The molecule has 1 amide bonds. The van der Waals surface area contributed by atoms with Crippen molar-refractivity contribution in [3.05, 3.63) is 65.2 Å². The quantitative estimate of drug-likeness (QED) is 0.554. The first kappa shape index (κ1) is 20.6. The minimum absolute atomic E-state index is 0.0776. The van der Waals surface area contributed by atoms with Gasteiger partial charge in [-0.05, 0) is 41.0 Å². The van der Waals surface area contributed by atoms with E-state index < -0.39 is 12.6 Å². The number of amides is 1. The van der Waals surface area contributed by atoms with Crippen LogP contribution >= 0.6 is 0 Å². The Morgan fingerprint density at radius 2 is 1.86 bits per heavy atom. The third kappa shape index (κ3) is 5.44. The summed E-state index contributed by atoms with van der Waals surface area (Å²) in [6.45, 7) is 6.10. The number of hydrogen-bond donors (Lipinski definition) is 2. The second-order valence-electron chi connectivity index (χ2n) is 8.28. The lowest BCUT2D eigenvalue weighted by molar-refractivity contribution is -0.139. The van der Waals surface area contributed by atoms with Crippen LogP contribution in [0.1, 0.15) is 49.8 Å². The maximum Gasteiger partial charge on any atom is 0.341 e. The van der Waals surface area contributed by atoms with E-state index in [1.54, 1.807) is 24.3 Å². The van der Waals surface area contributed by atoms with Gasteiger partial charge in [-0.3, -0.25) is 4.79 Å². The number of ether oxygens (including phenoxy) is 1. The van der Waals surface area contributed by atoms with E-state index in [4.69, 9.17) is 9.84 Å². The molecule has 2 aromatic rings. The zero-order chi connectivity index (χ0) is 21.0. The van der Waals surface area contributed by atoms with Crippen LogP contribution in [-0.4, -0.2) is 29.8 Å². The predicted molar refractivity (Wildman–Crippen MR) is 111 cm³/mol. The number of aliphatic carboxylic acids is 1. The molecule has 0 aliphatic heterocycles. The number of benzene rings is 2. The monoisotopic (exact) mass is 394 g/mol. The fourth-order valence-corrected chi connectivity index (χ4v) is 3.19. The second-order valence-corrected chi connectivity index (χ2v) is 8.28. The Balaban J connectivity index is 1.55. The van der Waals surface area contributed by atoms with Gasteiger partial charge >= 0.3 is 5.97 Å². The zero-order valence-corrected chi connectivity index (χ0v) is 16.9. The molecule has 6 heteroatoms. The molecule has 2 N–H and O–H groups in total. The van der Waals surface area contributed by atoms with Crippen LogP contribution in [-0.2, 0) is 15.0 Å². The van der Waals surface area contributed by atoms with E-state index in [-0.39, 0.29) is 23.2 Å². The van der Waals surface area contributed by atoms with Gasteiger partial charge < -0.3 is 9.84 Å². The minimum Gasteiger partial charge on any atom is -0.481 e. The molecular weight excluding hydrogens is 368 g/mol. The number of rotatable bonds is 7. The van der Waals surface area contributed by atoms with Crippen LogP contribution in [0.15, 0.2) is 53.6 Å².